The number of H-pyrrole nitrogens is 1. The van der Waals surface area contributed by atoms with E-state index in [0.717, 1.165) is 5.69 Å². The molecule has 0 saturated carbocycles. The van der Waals surface area contributed by atoms with Crippen molar-refractivity contribution >= 4 is 0 Å². The standard InChI is InChI=1S/C6H12N4O/c1-3-4(2-9-10-3)5(11)6(7)8/h2,5-6,11H,7-8H2,1H3,(H,9,10). The van der Waals surface area contributed by atoms with Gasteiger partial charge in [-0.15, -0.1) is 0 Å². The van der Waals surface area contributed by atoms with Gasteiger partial charge in [0, 0.05) is 11.8 Å². The molecular formula is C6H12N4O. The van der Waals surface area contributed by atoms with Gasteiger partial charge >= 0.3 is 0 Å². The number of aromatic amines is 1. The van der Waals surface area contributed by atoms with Crippen LogP contribution < -0.4 is 11.5 Å². The quantitative estimate of drug-likeness (QED) is 0.412. The molecule has 5 nitrogen and oxygen atoms in total. The third kappa shape index (κ3) is 1.56. The molecule has 6 N–H and O–H groups in total. The molecule has 1 aromatic rings. The van der Waals surface area contributed by atoms with Gasteiger partial charge in [-0.1, -0.05) is 0 Å². The van der Waals surface area contributed by atoms with Crippen LogP contribution >= 0.6 is 0 Å². The van der Waals surface area contributed by atoms with Crippen molar-refractivity contribution in [3.8, 4) is 0 Å². The third-order valence-corrected chi connectivity index (χ3v) is 1.55. The molecule has 0 amide bonds. The highest BCUT2D eigenvalue weighted by atomic mass is 16.3. The van der Waals surface area contributed by atoms with Gasteiger partial charge in [0.05, 0.1) is 11.9 Å². The van der Waals surface area contributed by atoms with Crippen molar-refractivity contribution in [1.29, 1.82) is 0 Å². The molecule has 11 heavy (non-hydrogen) atoms. The van der Waals surface area contributed by atoms with Gasteiger partial charge in [0.15, 0.2) is 0 Å². The first-order chi connectivity index (χ1) is 5.13. The molecule has 0 aliphatic rings. The molecule has 0 spiro atoms. The van der Waals surface area contributed by atoms with E-state index in [-0.39, 0.29) is 0 Å². The van der Waals surface area contributed by atoms with Crippen LogP contribution in [0.3, 0.4) is 0 Å². The average molecular weight is 156 g/mol. The Kier molecular flexibility index (Phi) is 2.23. The van der Waals surface area contributed by atoms with Gasteiger partial charge in [-0.2, -0.15) is 5.10 Å². The summed E-state index contributed by atoms with van der Waals surface area (Å²) >= 11 is 0. The molecule has 0 saturated heterocycles. The normalized spacial score (nSPS) is 13.9. The highest BCUT2D eigenvalue weighted by Gasteiger charge is 2.16. The number of hydrogen-bond donors (Lipinski definition) is 4. The van der Waals surface area contributed by atoms with E-state index in [9.17, 15) is 5.11 Å². The third-order valence-electron chi connectivity index (χ3n) is 1.55. The van der Waals surface area contributed by atoms with Gasteiger partial charge in [0.2, 0.25) is 0 Å². The summed E-state index contributed by atoms with van der Waals surface area (Å²) in [7, 11) is 0. The number of aromatic nitrogens is 2. The van der Waals surface area contributed by atoms with Crippen LogP contribution in [0.15, 0.2) is 6.20 Å². The molecule has 1 unspecified atom stereocenters. The number of nitrogens with one attached hydrogen (secondary N) is 1. The minimum Gasteiger partial charge on any atom is -0.385 e. The fraction of sp³-hybridized carbons (Fsp3) is 0.500. The van der Waals surface area contributed by atoms with Crippen LogP contribution in [-0.4, -0.2) is 21.5 Å². The van der Waals surface area contributed by atoms with Crippen molar-refractivity contribution in [2.45, 2.75) is 19.2 Å². The Bertz CT molecular complexity index is 232. The molecule has 1 atom stereocenters. The van der Waals surface area contributed by atoms with Gasteiger partial charge in [0.25, 0.3) is 0 Å². The first-order valence-electron chi connectivity index (χ1n) is 3.32. The predicted octanol–water partition coefficient (Wildman–Crippen LogP) is -1.00. The average Bonchev–Trinajstić information content (AvgIpc) is 2.33. The molecule has 0 aliphatic carbocycles. The summed E-state index contributed by atoms with van der Waals surface area (Å²) in [5, 5.41) is 15.8. The molecule has 1 heterocycles. The van der Waals surface area contributed by atoms with Crippen LogP contribution in [0.4, 0.5) is 0 Å². The second-order valence-electron chi connectivity index (χ2n) is 2.45. The van der Waals surface area contributed by atoms with E-state index in [4.69, 9.17) is 11.5 Å². The number of nitrogens with zero attached hydrogens (tertiary/aromatic N) is 1. The first-order valence-corrected chi connectivity index (χ1v) is 3.32. The summed E-state index contributed by atoms with van der Waals surface area (Å²) in [5.41, 5.74) is 11.9. The minimum absolute atomic E-state index is 0.653. The molecule has 0 aliphatic heterocycles. The van der Waals surface area contributed by atoms with Crippen LogP contribution in [0.25, 0.3) is 0 Å². The highest BCUT2D eigenvalue weighted by molar-refractivity contribution is 5.18. The molecule has 0 fully saturated rings. The van der Waals surface area contributed by atoms with Crippen molar-refractivity contribution in [1.82, 2.24) is 10.2 Å². The van der Waals surface area contributed by atoms with Crippen LogP contribution in [0, 0.1) is 6.92 Å². The van der Waals surface area contributed by atoms with Gasteiger partial charge in [-0.25, -0.2) is 0 Å². The molecule has 1 rings (SSSR count). The number of aliphatic hydroxyl groups excluding tert-OH is 1. The summed E-state index contributed by atoms with van der Waals surface area (Å²) in [6.45, 7) is 1.78. The zero-order valence-corrected chi connectivity index (χ0v) is 6.28. The maximum absolute atomic E-state index is 9.36. The molecule has 5 heteroatoms. The van der Waals surface area contributed by atoms with Crippen molar-refractivity contribution in [2.24, 2.45) is 11.5 Å². The van der Waals surface area contributed by atoms with Crippen LogP contribution in [0.1, 0.15) is 17.4 Å². The topological polar surface area (TPSA) is 101 Å². The van der Waals surface area contributed by atoms with E-state index < -0.39 is 12.3 Å². The fourth-order valence-electron chi connectivity index (χ4n) is 0.874. The lowest BCUT2D eigenvalue weighted by atomic mass is 10.1. The maximum atomic E-state index is 9.36. The molecular weight excluding hydrogens is 144 g/mol. The lowest BCUT2D eigenvalue weighted by Gasteiger charge is -2.12. The number of hydrogen-bond acceptors (Lipinski definition) is 4. The van der Waals surface area contributed by atoms with E-state index in [1.54, 1.807) is 13.1 Å². The predicted molar refractivity (Wildman–Crippen MR) is 40.4 cm³/mol. The number of aliphatic hydroxyl groups is 1. The number of nitrogens with two attached hydrogens (primary N) is 2. The Hall–Kier alpha value is -0.910. The van der Waals surface area contributed by atoms with Gasteiger partial charge in [-0.3, -0.25) is 5.10 Å². The second kappa shape index (κ2) is 3.00. The second-order valence-corrected chi connectivity index (χ2v) is 2.45. The smallest absolute Gasteiger partial charge is 0.110 e. The summed E-state index contributed by atoms with van der Waals surface area (Å²) in [4.78, 5) is 0. The Morgan fingerprint density at radius 3 is 2.64 bits per heavy atom. The molecule has 1 aromatic heterocycles. The molecule has 0 radical (unpaired) electrons. The summed E-state index contributed by atoms with van der Waals surface area (Å²) in [6.07, 6.45) is -0.00718. The van der Waals surface area contributed by atoms with E-state index in [1.807, 2.05) is 0 Å². The minimum atomic E-state index is -0.839. The van der Waals surface area contributed by atoms with Crippen LogP contribution in [0.2, 0.25) is 0 Å². The summed E-state index contributed by atoms with van der Waals surface area (Å²) < 4.78 is 0. The van der Waals surface area contributed by atoms with Crippen molar-refractivity contribution in [2.75, 3.05) is 0 Å². The van der Waals surface area contributed by atoms with Gasteiger partial charge in [-0.05, 0) is 6.92 Å². The molecule has 0 bridgehead atoms. The SMILES string of the molecule is Cc1n[nH]cc1C(O)C(N)N. The largest absolute Gasteiger partial charge is 0.385 e. The number of rotatable bonds is 2. The van der Waals surface area contributed by atoms with Crippen molar-refractivity contribution < 1.29 is 5.11 Å². The fourth-order valence-corrected chi connectivity index (χ4v) is 0.874. The Morgan fingerprint density at radius 1 is 1.64 bits per heavy atom. The van der Waals surface area contributed by atoms with Crippen LogP contribution in [-0.2, 0) is 0 Å². The summed E-state index contributed by atoms with van der Waals surface area (Å²) in [5.74, 6) is 0. The zero-order valence-electron chi connectivity index (χ0n) is 6.28. The summed E-state index contributed by atoms with van der Waals surface area (Å²) in [6, 6.07) is 0. The lowest BCUT2D eigenvalue weighted by molar-refractivity contribution is 0.148. The lowest BCUT2D eigenvalue weighted by Crippen LogP contribution is -2.37. The van der Waals surface area contributed by atoms with Gasteiger partial charge < -0.3 is 16.6 Å². The van der Waals surface area contributed by atoms with E-state index in [2.05, 4.69) is 10.2 Å². The molecule has 62 valence electrons. The van der Waals surface area contributed by atoms with Gasteiger partial charge in [0.1, 0.15) is 6.10 Å². The Balaban J connectivity index is 2.84. The van der Waals surface area contributed by atoms with Crippen molar-refractivity contribution in [3.05, 3.63) is 17.5 Å². The van der Waals surface area contributed by atoms with E-state index in [0.29, 0.717) is 5.56 Å². The Morgan fingerprint density at radius 2 is 2.27 bits per heavy atom. The number of aryl methyl sites for hydroxylation is 1. The first kappa shape index (κ1) is 8.19. The monoisotopic (exact) mass is 156 g/mol. The zero-order chi connectivity index (χ0) is 8.43. The highest BCUT2D eigenvalue weighted by Crippen LogP contribution is 2.14. The maximum Gasteiger partial charge on any atom is 0.110 e. The van der Waals surface area contributed by atoms with Crippen LogP contribution in [0.5, 0.6) is 0 Å². The van der Waals surface area contributed by atoms with E-state index in [1.165, 1.54) is 0 Å². The van der Waals surface area contributed by atoms with Crippen molar-refractivity contribution in [3.63, 3.8) is 0 Å². The van der Waals surface area contributed by atoms with E-state index >= 15 is 0 Å². The molecule has 0 aromatic carbocycles. The Labute approximate surface area is 64.4 Å².